The summed E-state index contributed by atoms with van der Waals surface area (Å²) >= 11 is 5.85. The van der Waals surface area contributed by atoms with E-state index in [4.69, 9.17) is 25.8 Å². The first kappa shape index (κ1) is 18.6. The van der Waals surface area contributed by atoms with Crippen LogP contribution >= 0.6 is 11.6 Å². The molecular formula is C21H18ClNO4. The van der Waals surface area contributed by atoms with Crippen molar-refractivity contribution in [3.63, 3.8) is 0 Å². The Hall–Kier alpha value is -3.18. The fourth-order valence-corrected chi connectivity index (χ4v) is 2.39. The SMILES string of the molecule is COc1ccc(OCC(=O)Nc2ccc(Oc3ccc(Cl)cc3)cc2)cc1. The molecule has 0 radical (unpaired) electrons. The Morgan fingerprint density at radius 1 is 0.815 bits per heavy atom. The normalized spacial score (nSPS) is 10.1. The van der Waals surface area contributed by atoms with Gasteiger partial charge in [0.15, 0.2) is 6.61 Å². The number of rotatable bonds is 7. The van der Waals surface area contributed by atoms with Gasteiger partial charge in [0.25, 0.3) is 5.91 Å². The highest BCUT2D eigenvalue weighted by molar-refractivity contribution is 6.30. The number of ether oxygens (including phenoxy) is 3. The van der Waals surface area contributed by atoms with Gasteiger partial charge in [-0.2, -0.15) is 0 Å². The van der Waals surface area contributed by atoms with E-state index in [1.165, 1.54) is 0 Å². The lowest BCUT2D eigenvalue weighted by molar-refractivity contribution is -0.118. The number of benzene rings is 3. The van der Waals surface area contributed by atoms with Crippen LogP contribution in [0.3, 0.4) is 0 Å². The number of amides is 1. The quantitative estimate of drug-likeness (QED) is 0.612. The van der Waals surface area contributed by atoms with Crippen LogP contribution < -0.4 is 19.5 Å². The van der Waals surface area contributed by atoms with Gasteiger partial charge < -0.3 is 19.5 Å². The maximum Gasteiger partial charge on any atom is 0.262 e. The number of halogens is 1. The molecule has 0 heterocycles. The van der Waals surface area contributed by atoms with Crippen LogP contribution in [0, 0.1) is 0 Å². The minimum atomic E-state index is -0.253. The third kappa shape index (κ3) is 5.66. The van der Waals surface area contributed by atoms with E-state index < -0.39 is 0 Å². The van der Waals surface area contributed by atoms with Crippen molar-refractivity contribution in [1.82, 2.24) is 0 Å². The van der Waals surface area contributed by atoms with Crippen LogP contribution in [0.1, 0.15) is 0 Å². The first-order chi connectivity index (χ1) is 13.1. The monoisotopic (exact) mass is 383 g/mol. The van der Waals surface area contributed by atoms with E-state index >= 15 is 0 Å². The molecule has 27 heavy (non-hydrogen) atoms. The standard InChI is InChI=1S/C21H18ClNO4/c1-25-17-10-12-18(13-11-17)26-14-21(24)23-16-4-8-20(9-5-16)27-19-6-2-15(22)3-7-19/h2-13H,14H2,1H3,(H,23,24). The van der Waals surface area contributed by atoms with Crippen molar-refractivity contribution >= 4 is 23.2 Å². The smallest absolute Gasteiger partial charge is 0.262 e. The van der Waals surface area contributed by atoms with Crippen molar-refractivity contribution in [1.29, 1.82) is 0 Å². The van der Waals surface area contributed by atoms with Gasteiger partial charge in [-0.1, -0.05) is 11.6 Å². The molecule has 0 atom stereocenters. The summed E-state index contributed by atoms with van der Waals surface area (Å²) in [5, 5.41) is 3.42. The van der Waals surface area contributed by atoms with Crippen LogP contribution in [0.4, 0.5) is 5.69 Å². The Morgan fingerprint density at radius 2 is 1.33 bits per heavy atom. The fourth-order valence-electron chi connectivity index (χ4n) is 2.26. The van der Waals surface area contributed by atoms with Crippen LogP contribution in [0.2, 0.25) is 5.02 Å². The molecule has 0 unspecified atom stereocenters. The fraction of sp³-hybridized carbons (Fsp3) is 0.0952. The predicted molar refractivity (Wildman–Crippen MR) is 105 cm³/mol. The summed E-state index contributed by atoms with van der Waals surface area (Å²) in [6.45, 7) is -0.0879. The van der Waals surface area contributed by atoms with Gasteiger partial charge in [-0.05, 0) is 72.8 Å². The van der Waals surface area contributed by atoms with Crippen LogP contribution in [-0.2, 0) is 4.79 Å². The van der Waals surface area contributed by atoms with E-state index in [9.17, 15) is 4.79 Å². The van der Waals surface area contributed by atoms with Gasteiger partial charge in [0.05, 0.1) is 7.11 Å². The molecule has 0 aromatic heterocycles. The molecule has 1 N–H and O–H groups in total. The van der Waals surface area contributed by atoms with Crippen molar-refractivity contribution < 1.29 is 19.0 Å². The van der Waals surface area contributed by atoms with Crippen molar-refractivity contribution in [2.24, 2.45) is 0 Å². The van der Waals surface area contributed by atoms with Crippen LogP contribution in [0.5, 0.6) is 23.0 Å². The molecule has 0 saturated heterocycles. The number of nitrogens with one attached hydrogen (secondary N) is 1. The van der Waals surface area contributed by atoms with Crippen molar-refractivity contribution in [3.8, 4) is 23.0 Å². The summed E-state index contributed by atoms with van der Waals surface area (Å²) in [5.41, 5.74) is 0.654. The maximum atomic E-state index is 12.0. The first-order valence-electron chi connectivity index (χ1n) is 8.22. The topological polar surface area (TPSA) is 56.8 Å². The zero-order valence-electron chi connectivity index (χ0n) is 14.6. The summed E-state index contributed by atoms with van der Waals surface area (Å²) < 4.78 is 16.2. The third-order valence-electron chi connectivity index (χ3n) is 3.62. The van der Waals surface area contributed by atoms with Crippen molar-refractivity contribution in [3.05, 3.63) is 77.8 Å². The Labute approximate surface area is 162 Å². The van der Waals surface area contributed by atoms with Gasteiger partial charge in [-0.25, -0.2) is 0 Å². The Morgan fingerprint density at radius 3 is 1.93 bits per heavy atom. The van der Waals surface area contributed by atoms with Gasteiger partial charge in [0.2, 0.25) is 0 Å². The highest BCUT2D eigenvalue weighted by Crippen LogP contribution is 2.24. The van der Waals surface area contributed by atoms with E-state index in [1.807, 2.05) is 0 Å². The van der Waals surface area contributed by atoms with Gasteiger partial charge in [0, 0.05) is 10.7 Å². The van der Waals surface area contributed by atoms with E-state index in [1.54, 1.807) is 79.9 Å². The van der Waals surface area contributed by atoms with Crippen molar-refractivity contribution in [2.75, 3.05) is 19.0 Å². The second-order valence-electron chi connectivity index (χ2n) is 5.59. The molecule has 3 aromatic carbocycles. The van der Waals surface area contributed by atoms with Gasteiger partial charge in [0.1, 0.15) is 23.0 Å². The summed E-state index contributed by atoms with van der Waals surface area (Å²) in [6.07, 6.45) is 0. The van der Waals surface area contributed by atoms with E-state index in [0.29, 0.717) is 28.0 Å². The summed E-state index contributed by atoms with van der Waals surface area (Å²) in [4.78, 5) is 12.0. The molecule has 1 amide bonds. The second-order valence-corrected chi connectivity index (χ2v) is 6.03. The minimum absolute atomic E-state index is 0.0879. The second kappa shape index (κ2) is 8.96. The number of hydrogen-bond donors (Lipinski definition) is 1. The number of anilines is 1. The molecule has 0 aliphatic rings. The lowest BCUT2D eigenvalue weighted by Gasteiger charge is -2.09. The van der Waals surface area contributed by atoms with Gasteiger partial charge >= 0.3 is 0 Å². The first-order valence-corrected chi connectivity index (χ1v) is 8.60. The lowest BCUT2D eigenvalue weighted by atomic mass is 10.3. The number of carbonyl (C=O) groups is 1. The largest absolute Gasteiger partial charge is 0.497 e. The Balaban J connectivity index is 1.49. The molecule has 3 aromatic rings. The van der Waals surface area contributed by atoms with Crippen LogP contribution in [0.25, 0.3) is 0 Å². The minimum Gasteiger partial charge on any atom is -0.497 e. The molecule has 3 rings (SSSR count). The zero-order valence-corrected chi connectivity index (χ0v) is 15.4. The molecule has 0 aliphatic carbocycles. The van der Waals surface area contributed by atoms with Crippen molar-refractivity contribution in [2.45, 2.75) is 0 Å². The molecule has 6 heteroatoms. The van der Waals surface area contributed by atoms with Gasteiger partial charge in [-0.15, -0.1) is 0 Å². The number of methoxy groups -OCH3 is 1. The average Bonchev–Trinajstić information content (AvgIpc) is 2.70. The number of hydrogen-bond acceptors (Lipinski definition) is 4. The molecule has 0 spiro atoms. The molecule has 0 bridgehead atoms. The predicted octanol–water partition coefficient (Wildman–Crippen LogP) is 5.16. The van der Waals surface area contributed by atoms with E-state index in [2.05, 4.69) is 5.32 Å². The summed E-state index contributed by atoms with van der Waals surface area (Å²) in [6, 6.07) is 21.2. The molecular weight excluding hydrogens is 366 g/mol. The summed E-state index contributed by atoms with van der Waals surface area (Å²) in [7, 11) is 1.59. The zero-order chi connectivity index (χ0) is 19.1. The van der Waals surface area contributed by atoms with Crippen LogP contribution in [-0.4, -0.2) is 19.6 Å². The Bertz CT molecular complexity index is 878. The molecule has 0 aliphatic heterocycles. The highest BCUT2D eigenvalue weighted by Gasteiger charge is 2.05. The number of carbonyl (C=O) groups excluding carboxylic acids is 1. The van der Waals surface area contributed by atoms with Crippen LogP contribution in [0.15, 0.2) is 72.8 Å². The Kier molecular flexibility index (Phi) is 6.18. The highest BCUT2D eigenvalue weighted by atomic mass is 35.5. The maximum absolute atomic E-state index is 12.0. The summed E-state index contributed by atoms with van der Waals surface area (Å²) in [5.74, 6) is 2.41. The average molecular weight is 384 g/mol. The molecule has 0 fully saturated rings. The third-order valence-corrected chi connectivity index (χ3v) is 3.87. The molecule has 0 saturated carbocycles. The lowest BCUT2D eigenvalue weighted by Crippen LogP contribution is -2.20. The molecule has 138 valence electrons. The van der Waals surface area contributed by atoms with E-state index in [0.717, 1.165) is 5.75 Å². The van der Waals surface area contributed by atoms with E-state index in [-0.39, 0.29) is 12.5 Å². The molecule has 5 nitrogen and oxygen atoms in total. The van der Waals surface area contributed by atoms with Gasteiger partial charge in [-0.3, -0.25) is 4.79 Å².